The molecule has 0 bridgehead atoms. The first-order valence-electron chi connectivity index (χ1n) is 20.6. The van der Waals surface area contributed by atoms with Gasteiger partial charge in [-0.1, -0.05) is 68.2 Å². The monoisotopic (exact) mass is 1130 g/mol. The van der Waals surface area contributed by atoms with Gasteiger partial charge in [0.05, 0.1) is 24.2 Å². The van der Waals surface area contributed by atoms with Gasteiger partial charge in [-0.05, 0) is 97.7 Å². The molecule has 342 valence electrons. The van der Waals surface area contributed by atoms with Crippen LogP contribution in [0.15, 0.2) is 0 Å². The van der Waals surface area contributed by atoms with Crippen molar-refractivity contribution in [2.75, 3.05) is 24.6 Å². The Balaban J connectivity index is 0.000000283. The third-order valence-corrected chi connectivity index (χ3v) is 15.8. The molecule has 18 heteroatoms. The van der Waals surface area contributed by atoms with E-state index in [0.717, 1.165) is 62.9 Å². The Labute approximate surface area is 402 Å². The first kappa shape index (κ1) is 54.9. The Bertz CT molecular complexity index is 1220. The summed E-state index contributed by atoms with van der Waals surface area (Å²) in [6, 6.07) is 1.03. The van der Waals surface area contributed by atoms with Gasteiger partial charge in [-0.15, -0.1) is 0 Å². The summed E-state index contributed by atoms with van der Waals surface area (Å²) in [5.41, 5.74) is 0. The topological polar surface area (TPSA) is 140 Å². The van der Waals surface area contributed by atoms with Crippen molar-refractivity contribution >= 4 is 86.2 Å². The molecule has 6 rings (SSSR count). The molecule has 10 radical (unpaired) electrons. The van der Waals surface area contributed by atoms with Gasteiger partial charge in [0, 0.05) is 47.9 Å². The van der Waals surface area contributed by atoms with E-state index in [-0.39, 0.29) is 78.3 Å². The molecular weight excluding hydrogens is 1060 g/mol. The van der Waals surface area contributed by atoms with Gasteiger partial charge in [0.15, 0.2) is 0 Å². The summed E-state index contributed by atoms with van der Waals surface area (Å²) in [6.07, 6.45) is 9.01. The zero-order valence-corrected chi connectivity index (χ0v) is 43.9. The SMILES string of the molecule is C[C]1[C](C)[C](C)[C](CCNC(=O)CCCC[C@@H]2SC[C@@H]3NC(=O)N[C@@H]32)[C]1C.C[C]1[C](C)[C](C)[C](CCNC(=O)CCCC[C@@H]2SC[C@@H]3NC(=O)N[C@@H]32)[C]1C.[Cl][Rh+][Cl].[Cl][Rh+][Cl]. The molecule has 0 spiro atoms. The van der Waals surface area contributed by atoms with Crippen LogP contribution in [0.25, 0.3) is 0 Å². The van der Waals surface area contributed by atoms with Crippen LogP contribution in [0.5, 0.6) is 0 Å². The zero-order chi connectivity index (χ0) is 44.5. The first-order valence-corrected chi connectivity index (χ1v) is 31.1. The van der Waals surface area contributed by atoms with Gasteiger partial charge in [-0.25, -0.2) is 9.59 Å². The molecule has 2 saturated carbocycles. The third-order valence-electron chi connectivity index (χ3n) is 12.7. The molecule has 6 N–H and O–H groups in total. The molecule has 60 heavy (non-hydrogen) atoms. The van der Waals surface area contributed by atoms with Gasteiger partial charge in [0.1, 0.15) is 0 Å². The molecule has 0 unspecified atom stereocenters. The predicted molar refractivity (Wildman–Crippen MR) is 244 cm³/mol. The van der Waals surface area contributed by atoms with Crippen LogP contribution < -0.4 is 31.9 Å². The number of amides is 6. The van der Waals surface area contributed by atoms with Crippen LogP contribution in [-0.4, -0.2) is 83.1 Å². The van der Waals surface area contributed by atoms with Crippen molar-refractivity contribution in [2.24, 2.45) is 0 Å². The minimum absolute atomic E-state index is 0.0321. The number of nitrogens with one attached hydrogen (secondary N) is 6. The third kappa shape index (κ3) is 16.5. The zero-order valence-electron chi connectivity index (χ0n) is 36.0. The summed E-state index contributed by atoms with van der Waals surface area (Å²) in [5, 5.41) is 19.1. The van der Waals surface area contributed by atoms with Crippen LogP contribution in [-0.2, 0) is 39.9 Å². The van der Waals surface area contributed by atoms with Crippen molar-refractivity contribution < 1.29 is 49.5 Å². The first-order chi connectivity index (χ1) is 28.6. The molecule has 6 atom stereocenters. The number of rotatable bonds is 16. The number of urea groups is 2. The Morgan fingerprint density at radius 3 is 1.18 bits per heavy atom. The van der Waals surface area contributed by atoms with Crippen LogP contribution >= 0.6 is 62.3 Å². The van der Waals surface area contributed by atoms with Gasteiger partial charge in [0.25, 0.3) is 0 Å². The molecule has 0 aromatic carbocycles. The minimum atomic E-state index is -0.226. The van der Waals surface area contributed by atoms with Crippen molar-refractivity contribution in [1.82, 2.24) is 31.9 Å². The number of fused-ring (bicyclic) bond motifs is 2. The summed E-state index contributed by atoms with van der Waals surface area (Å²) in [6.45, 7) is 18.9. The molecule has 10 nitrogen and oxygen atoms in total. The van der Waals surface area contributed by atoms with E-state index < -0.39 is 0 Å². The number of hydrogen-bond acceptors (Lipinski definition) is 6. The van der Waals surface area contributed by atoms with E-state index in [1.165, 1.54) is 59.2 Å². The fourth-order valence-electron chi connectivity index (χ4n) is 8.72. The summed E-state index contributed by atoms with van der Waals surface area (Å²) < 4.78 is 0. The maximum absolute atomic E-state index is 12.1. The van der Waals surface area contributed by atoms with E-state index in [1.54, 1.807) is 0 Å². The van der Waals surface area contributed by atoms with Gasteiger partial charge in [-0.2, -0.15) is 23.5 Å². The van der Waals surface area contributed by atoms with Crippen LogP contribution in [0.1, 0.15) is 120 Å². The summed E-state index contributed by atoms with van der Waals surface area (Å²) in [7, 11) is 19.3. The second-order valence-corrected chi connectivity index (χ2v) is 23.5. The molecule has 6 fully saturated rings. The van der Waals surface area contributed by atoms with Crippen LogP contribution in [0.3, 0.4) is 0 Å². The number of carbonyl (C=O) groups excluding carboxylic acids is 4. The predicted octanol–water partition coefficient (Wildman–Crippen LogP) is 9.12. The van der Waals surface area contributed by atoms with Crippen LogP contribution in [0.2, 0.25) is 0 Å². The summed E-state index contributed by atoms with van der Waals surface area (Å²) >= 11 is 3.42. The normalized spacial score (nSPS) is 28.2. The Morgan fingerprint density at radius 1 is 0.550 bits per heavy atom. The van der Waals surface area contributed by atoms with E-state index in [9.17, 15) is 19.2 Å². The average Bonchev–Trinajstić information content (AvgIpc) is 4.03. The van der Waals surface area contributed by atoms with Gasteiger partial charge < -0.3 is 31.9 Å². The second kappa shape index (κ2) is 28.6. The van der Waals surface area contributed by atoms with Gasteiger partial charge >= 0.3 is 81.1 Å². The van der Waals surface area contributed by atoms with E-state index in [1.807, 2.05) is 23.5 Å². The van der Waals surface area contributed by atoms with Crippen LogP contribution in [0.4, 0.5) is 9.59 Å². The van der Waals surface area contributed by atoms with Gasteiger partial charge in [0.2, 0.25) is 11.8 Å². The van der Waals surface area contributed by atoms with Crippen LogP contribution in [0, 0.1) is 59.2 Å². The van der Waals surface area contributed by atoms with Crippen molar-refractivity contribution in [3.8, 4) is 0 Å². The van der Waals surface area contributed by atoms with Crippen molar-refractivity contribution in [1.29, 1.82) is 0 Å². The molecule has 6 amide bonds. The molecule has 4 heterocycles. The standard InChI is InChI=1S/2C21H32N3O2S.4ClH.2Rh/c2*1-12-13(2)15(4)16(14(12)3)9-10-22-19(25)8-6-5-7-18-20-17(11-27-18)23-21(26)24-20;;;;;;/h2*17-18,20H,5-11H2,1-4H3,(H,22,25)(H2,23,24,26);4*1H;;/q;;;;;;2*+3/p-4/t2*17-,18-,20-;;;;;;/m00....../s1. The maximum atomic E-state index is 12.1. The Kier molecular flexibility index (Phi) is 26.2. The fraction of sp³-hybridized carbons (Fsp3) is 0.667. The number of halogens is 4. The second-order valence-electron chi connectivity index (χ2n) is 16.0. The summed E-state index contributed by atoms with van der Waals surface area (Å²) in [5.74, 6) is 16.1. The Hall–Kier alpha value is 0.587. The number of hydrogen-bond donors (Lipinski definition) is 6. The van der Waals surface area contributed by atoms with Crippen molar-refractivity contribution in [3.63, 3.8) is 0 Å². The molecule has 0 aromatic rings. The number of unbranched alkanes of at least 4 members (excludes halogenated alkanes) is 2. The van der Waals surface area contributed by atoms with Gasteiger partial charge in [-0.3, -0.25) is 9.59 Å². The van der Waals surface area contributed by atoms with Crippen molar-refractivity contribution in [3.05, 3.63) is 59.2 Å². The summed E-state index contributed by atoms with van der Waals surface area (Å²) in [4.78, 5) is 47.0. The molecule has 6 aliphatic rings. The van der Waals surface area contributed by atoms with E-state index in [0.29, 0.717) is 36.4 Å². The molecule has 4 aliphatic heterocycles. The number of carbonyl (C=O) groups is 4. The molecular formula is C42H64Cl4N6O4Rh2S2+2. The molecule has 0 aromatic heterocycles. The quantitative estimate of drug-likeness (QED) is 0.0518. The van der Waals surface area contributed by atoms with E-state index in [2.05, 4.69) is 87.3 Å². The Morgan fingerprint density at radius 2 is 0.867 bits per heavy atom. The van der Waals surface area contributed by atoms with Crippen molar-refractivity contribution in [2.45, 2.75) is 154 Å². The molecule has 4 saturated heterocycles. The number of thioether (sulfide) groups is 2. The fourth-order valence-corrected chi connectivity index (χ4v) is 11.8. The van der Waals surface area contributed by atoms with E-state index in [4.69, 9.17) is 38.8 Å². The van der Waals surface area contributed by atoms with E-state index >= 15 is 0 Å². The average molecular weight is 1130 g/mol. The molecule has 2 aliphatic carbocycles.